The third kappa shape index (κ3) is 3.24. The van der Waals surface area contributed by atoms with Crippen molar-refractivity contribution in [2.45, 2.75) is 6.54 Å². The molecule has 7 heteroatoms. The van der Waals surface area contributed by atoms with Crippen LogP contribution in [0.3, 0.4) is 0 Å². The van der Waals surface area contributed by atoms with Gasteiger partial charge in [0.05, 0.1) is 25.3 Å². The minimum Gasteiger partial charge on any atom is -0.497 e. The maximum absolute atomic E-state index is 12.3. The van der Waals surface area contributed by atoms with E-state index in [0.717, 1.165) is 11.1 Å². The summed E-state index contributed by atoms with van der Waals surface area (Å²) < 4.78 is 10.3. The molecule has 24 heavy (non-hydrogen) atoms. The zero-order valence-corrected chi connectivity index (χ0v) is 13.3. The van der Waals surface area contributed by atoms with Gasteiger partial charge in [-0.05, 0) is 29.8 Å². The van der Waals surface area contributed by atoms with Crippen LogP contribution in [0.1, 0.15) is 15.9 Å². The SMILES string of the molecule is COc1cc(OC)cc(C(=O)NCc2ccc3[nH]c(=O)[nH]c3c2)c1. The lowest BCUT2D eigenvalue weighted by Crippen LogP contribution is -2.22. The van der Waals surface area contributed by atoms with Gasteiger partial charge in [0.15, 0.2) is 0 Å². The van der Waals surface area contributed by atoms with Crippen molar-refractivity contribution in [2.75, 3.05) is 14.2 Å². The van der Waals surface area contributed by atoms with E-state index in [1.807, 2.05) is 12.1 Å². The third-order valence-electron chi connectivity index (χ3n) is 3.65. The first-order valence-corrected chi connectivity index (χ1v) is 7.31. The van der Waals surface area contributed by atoms with E-state index in [4.69, 9.17) is 9.47 Å². The van der Waals surface area contributed by atoms with Gasteiger partial charge in [-0.25, -0.2) is 4.79 Å². The van der Waals surface area contributed by atoms with Gasteiger partial charge in [0.25, 0.3) is 5.91 Å². The predicted molar refractivity (Wildman–Crippen MR) is 89.6 cm³/mol. The van der Waals surface area contributed by atoms with E-state index in [0.29, 0.717) is 29.1 Å². The second-order valence-electron chi connectivity index (χ2n) is 5.24. The molecule has 0 aliphatic rings. The van der Waals surface area contributed by atoms with E-state index < -0.39 is 0 Å². The molecule has 0 aliphatic heterocycles. The fraction of sp³-hybridized carbons (Fsp3) is 0.176. The molecular weight excluding hydrogens is 310 g/mol. The van der Waals surface area contributed by atoms with Gasteiger partial charge in [-0.3, -0.25) is 4.79 Å². The Morgan fingerprint density at radius 3 is 2.33 bits per heavy atom. The summed E-state index contributed by atoms with van der Waals surface area (Å²) in [5.41, 5.74) is 2.50. The molecule has 124 valence electrons. The van der Waals surface area contributed by atoms with Gasteiger partial charge in [-0.15, -0.1) is 0 Å². The molecule has 0 saturated heterocycles. The quantitative estimate of drug-likeness (QED) is 0.666. The van der Waals surface area contributed by atoms with E-state index in [2.05, 4.69) is 15.3 Å². The first-order chi connectivity index (χ1) is 11.6. The molecule has 1 heterocycles. The summed E-state index contributed by atoms with van der Waals surface area (Å²) in [6, 6.07) is 10.4. The Morgan fingerprint density at radius 1 is 1.00 bits per heavy atom. The van der Waals surface area contributed by atoms with Crippen molar-refractivity contribution in [3.8, 4) is 11.5 Å². The number of methoxy groups -OCH3 is 2. The minimum atomic E-state index is -0.255. The Hall–Kier alpha value is -3.22. The van der Waals surface area contributed by atoms with Gasteiger partial charge in [-0.2, -0.15) is 0 Å². The summed E-state index contributed by atoms with van der Waals surface area (Å²) >= 11 is 0. The molecular formula is C17H17N3O4. The highest BCUT2D eigenvalue weighted by Crippen LogP contribution is 2.22. The molecule has 3 rings (SSSR count). The van der Waals surface area contributed by atoms with Crippen molar-refractivity contribution >= 4 is 16.9 Å². The van der Waals surface area contributed by atoms with Crippen LogP contribution in [0.5, 0.6) is 11.5 Å². The Bertz CT molecular complexity index is 920. The van der Waals surface area contributed by atoms with Crippen molar-refractivity contribution in [3.63, 3.8) is 0 Å². The summed E-state index contributed by atoms with van der Waals surface area (Å²) in [4.78, 5) is 29.0. The van der Waals surface area contributed by atoms with E-state index in [-0.39, 0.29) is 11.6 Å². The van der Waals surface area contributed by atoms with Crippen LogP contribution in [0.4, 0.5) is 0 Å². The number of benzene rings is 2. The molecule has 0 spiro atoms. The molecule has 0 atom stereocenters. The highest BCUT2D eigenvalue weighted by Gasteiger charge is 2.10. The number of carbonyl (C=O) groups excluding carboxylic acids is 1. The van der Waals surface area contributed by atoms with Crippen LogP contribution in [0.2, 0.25) is 0 Å². The number of aromatic nitrogens is 2. The van der Waals surface area contributed by atoms with Crippen LogP contribution >= 0.6 is 0 Å². The van der Waals surface area contributed by atoms with Crippen LogP contribution in [0, 0.1) is 0 Å². The molecule has 7 nitrogen and oxygen atoms in total. The number of hydrogen-bond acceptors (Lipinski definition) is 4. The number of carbonyl (C=O) groups is 1. The van der Waals surface area contributed by atoms with Crippen LogP contribution in [0.25, 0.3) is 11.0 Å². The summed E-state index contributed by atoms with van der Waals surface area (Å²) in [6.45, 7) is 0.335. The van der Waals surface area contributed by atoms with Crippen molar-refractivity contribution in [2.24, 2.45) is 0 Å². The topological polar surface area (TPSA) is 96.2 Å². The van der Waals surface area contributed by atoms with E-state index in [1.54, 1.807) is 24.3 Å². The Labute approximate surface area is 137 Å². The average Bonchev–Trinajstić information content (AvgIpc) is 2.98. The highest BCUT2D eigenvalue weighted by molar-refractivity contribution is 5.95. The van der Waals surface area contributed by atoms with Gasteiger partial charge in [-0.1, -0.05) is 6.07 Å². The minimum absolute atomic E-state index is 0.241. The molecule has 0 unspecified atom stereocenters. The lowest BCUT2D eigenvalue weighted by molar-refractivity contribution is 0.0950. The Morgan fingerprint density at radius 2 is 1.67 bits per heavy atom. The number of nitrogens with one attached hydrogen (secondary N) is 3. The second-order valence-corrected chi connectivity index (χ2v) is 5.24. The lowest BCUT2D eigenvalue weighted by Gasteiger charge is -2.09. The maximum Gasteiger partial charge on any atom is 0.323 e. The summed E-state index contributed by atoms with van der Waals surface area (Å²) in [5, 5.41) is 2.84. The van der Waals surface area contributed by atoms with Crippen molar-refractivity contribution in [1.82, 2.24) is 15.3 Å². The number of fused-ring (bicyclic) bond motifs is 1. The number of hydrogen-bond donors (Lipinski definition) is 3. The van der Waals surface area contributed by atoms with Gasteiger partial charge in [0.1, 0.15) is 11.5 Å². The molecule has 0 fully saturated rings. The molecule has 3 N–H and O–H groups in total. The third-order valence-corrected chi connectivity index (χ3v) is 3.65. The first kappa shape index (κ1) is 15.7. The molecule has 3 aromatic rings. The zero-order chi connectivity index (χ0) is 17.1. The molecule has 2 aromatic carbocycles. The van der Waals surface area contributed by atoms with Crippen molar-refractivity contribution < 1.29 is 14.3 Å². The smallest absolute Gasteiger partial charge is 0.323 e. The van der Waals surface area contributed by atoms with Gasteiger partial charge < -0.3 is 24.8 Å². The molecule has 0 aliphatic carbocycles. The molecule has 0 saturated carbocycles. The van der Waals surface area contributed by atoms with Crippen LogP contribution in [-0.2, 0) is 6.54 Å². The van der Waals surface area contributed by atoms with Gasteiger partial charge in [0.2, 0.25) is 0 Å². The number of imidazole rings is 1. The fourth-order valence-corrected chi connectivity index (χ4v) is 2.41. The van der Waals surface area contributed by atoms with Crippen molar-refractivity contribution in [3.05, 3.63) is 58.0 Å². The summed E-state index contributed by atoms with van der Waals surface area (Å²) in [6.07, 6.45) is 0. The second kappa shape index (κ2) is 6.49. The fourth-order valence-electron chi connectivity index (χ4n) is 2.41. The number of amides is 1. The van der Waals surface area contributed by atoms with Crippen LogP contribution in [0.15, 0.2) is 41.2 Å². The standard InChI is InChI=1S/C17H17N3O4/c1-23-12-6-11(7-13(8-12)24-2)16(21)18-9-10-3-4-14-15(5-10)20-17(22)19-14/h3-8H,9H2,1-2H3,(H,18,21)(H2,19,20,22). The summed E-state index contributed by atoms with van der Waals surface area (Å²) in [5.74, 6) is 0.853. The maximum atomic E-state index is 12.3. The normalized spacial score (nSPS) is 10.6. The predicted octanol–water partition coefficient (Wildman–Crippen LogP) is 1.80. The number of rotatable bonds is 5. The molecule has 1 amide bonds. The molecule has 0 radical (unpaired) electrons. The first-order valence-electron chi connectivity index (χ1n) is 7.31. The number of H-pyrrole nitrogens is 2. The van der Waals surface area contributed by atoms with Gasteiger partial charge in [0, 0.05) is 18.2 Å². The van der Waals surface area contributed by atoms with Gasteiger partial charge >= 0.3 is 5.69 Å². The lowest BCUT2D eigenvalue weighted by atomic mass is 10.1. The monoisotopic (exact) mass is 327 g/mol. The largest absolute Gasteiger partial charge is 0.497 e. The molecule has 0 bridgehead atoms. The average molecular weight is 327 g/mol. The Balaban J connectivity index is 1.75. The Kier molecular flexibility index (Phi) is 4.24. The highest BCUT2D eigenvalue weighted by atomic mass is 16.5. The van der Waals surface area contributed by atoms with Crippen molar-refractivity contribution in [1.29, 1.82) is 0 Å². The van der Waals surface area contributed by atoms with E-state index in [1.165, 1.54) is 14.2 Å². The zero-order valence-electron chi connectivity index (χ0n) is 13.3. The summed E-state index contributed by atoms with van der Waals surface area (Å²) in [7, 11) is 3.06. The van der Waals surface area contributed by atoms with Crippen LogP contribution < -0.4 is 20.5 Å². The van der Waals surface area contributed by atoms with Crippen LogP contribution in [-0.4, -0.2) is 30.1 Å². The molecule has 1 aromatic heterocycles. The van der Waals surface area contributed by atoms with E-state index >= 15 is 0 Å². The number of ether oxygens (including phenoxy) is 2. The van der Waals surface area contributed by atoms with E-state index in [9.17, 15) is 9.59 Å². The number of aromatic amines is 2.